The standard InChI is InChI=1S/C18H19Cl2N3O5S/c1-9-14(18(26)28-4-3-27-2)17(29-15(9)16(21)25)23-13(24)8-22-12-6-10(19)5-11(20)7-12/h5-7,22H,3-4,8H2,1-2H3,(H2,21,25)(H,23,24). The topological polar surface area (TPSA) is 120 Å². The number of thiophene rings is 1. The SMILES string of the molecule is COCCOC(=O)c1c(NC(=O)CNc2cc(Cl)cc(Cl)c2)sc(C(N)=O)c1C. The highest BCUT2D eigenvalue weighted by Gasteiger charge is 2.25. The lowest BCUT2D eigenvalue weighted by Gasteiger charge is -2.10. The molecule has 0 aliphatic carbocycles. The molecule has 0 aliphatic rings. The van der Waals surface area contributed by atoms with Crippen molar-refractivity contribution in [2.75, 3.05) is 37.5 Å². The van der Waals surface area contributed by atoms with Crippen LogP contribution in [0.25, 0.3) is 0 Å². The first kappa shape index (κ1) is 23.0. The fraction of sp³-hybridized carbons (Fsp3) is 0.278. The second kappa shape index (κ2) is 10.4. The lowest BCUT2D eigenvalue weighted by atomic mass is 10.1. The molecule has 0 bridgehead atoms. The van der Waals surface area contributed by atoms with Gasteiger partial charge in [-0.15, -0.1) is 11.3 Å². The summed E-state index contributed by atoms with van der Waals surface area (Å²) >= 11 is 12.8. The molecule has 0 unspecified atom stereocenters. The van der Waals surface area contributed by atoms with Crippen LogP contribution < -0.4 is 16.4 Å². The zero-order valence-electron chi connectivity index (χ0n) is 15.6. The molecule has 29 heavy (non-hydrogen) atoms. The third-order valence-electron chi connectivity index (χ3n) is 3.66. The van der Waals surface area contributed by atoms with Gasteiger partial charge in [-0.2, -0.15) is 0 Å². The van der Waals surface area contributed by atoms with Gasteiger partial charge in [0.1, 0.15) is 11.6 Å². The summed E-state index contributed by atoms with van der Waals surface area (Å²) in [5.74, 6) is -1.84. The minimum absolute atomic E-state index is 0.0288. The molecule has 1 aromatic carbocycles. The van der Waals surface area contributed by atoms with Gasteiger partial charge in [0.25, 0.3) is 5.91 Å². The van der Waals surface area contributed by atoms with Gasteiger partial charge in [-0.05, 0) is 30.7 Å². The summed E-state index contributed by atoms with van der Waals surface area (Å²) in [6.45, 7) is 1.68. The molecule has 8 nitrogen and oxygen atoms in total. The Morgan fingerprint density at radius 3 is 2.38 bits per heavy atom. The zero-order chi connectivity index (χ0) is 21.6. The van der Waals surface area contributed by atoms with Crippen molar-refractivity contribution < 1.29 is 23.9 Å². The van der Waals surface area contributed by atoms with Gasteiger partial charge in [-0.1, -0.05) is 23.2 Å². The van der Waals surface area contributed by atoms with Crippen molar-refractivity contribution in [3.63, 3.8) is 0 Å². The Balaban J connectivity index is 2.15. The monoisotopic (exact) mass is 459 g/mol. The van der Waals surface area contributed by atoms with E-state index < -0.39 is 17.8 Å². The van der Waals surface area contributed by atoms with E-state index in [1.807, 2.05) is 0 Å². The van der Waals surface area contributed by atoms with E-state index in [-0.39, 0.29) is 35.2 Å². The summed E-state index contributed by atoms with van der Waals surface area (Å²) < 4.78 is 9.96. The Hall–Kier alpha value is -2.33. The molecule has 4 N–H and O–H groups in total. The molecule has 2 amide bonds. The molecule has 0 atom stereocenters. The van der Waals surface area contributed by atoms with Crippen LogP contribution in [0.5, 0.6) is 0 Å². The van der Waals surface area contributed by atoms with Crippen LogP contribution in [0, 0.1) is 6.92 Å². The van der Waals surface area contributed by atoms with Gasteiger partial charge in [0, 0.05) is 22.8 Å². The summed E-state index contributed by atoms with van der Waals surface area (Å²) in [5.41, 5.74) is 6.34. The number of primary amides is 1. The number of ether oxygens (including phenoxy) is 2. The van der Waals surface area contributed by atoms with E-state index in [9.17, 15) is 14.4 Å². The number of carbonyl (C=O) groups is 3. The van der Waals surface area contributed by atoms with Crippen molar-refractivity contribution in [3.05, 3.63) is 44.2 Å². The molecular weight excluding hydrogens is 441 g/mol. The molecule has 0 fully saturated rings. The second-order valence-electron chi connectivity index (χ2n) is 5.81. The zero-order valence-corrected chi connectivity index (χ0v) is 18.0. The van der Waals surface area contributed by atoms with Crippen LogP contribution in [-0.4, -0.2) is 44.7 Å². The van der Waals surface area contributed by atoms with E-state index in [0.717, 1.165) is 11.3 Å². The van der Waals surface area contributed by atoms with Crippen LogP contribution in [0.15, 0.2) is 18.2 Å². The van der Waals surface area contributed by atoms with E-state index in [1.165, 1.54) is 7.11 Å². The van der Waals surface area contributed by atoms with Gasteiger partial charge >= 0.3 is 5.97 Å². The van der Waals surface area contributed by atoms with Crippen molar-refractivity contribution in [2.24, 2.45) is 5.73 Å². The first-order valence-corrected chi connectivity index (χ1v) is 9.89. The Labute approximate surface area is 181 Å². The van der Waals surface area contributed by atoms with Crippen molar-refractivity contribution in [2.45, 2.75) is 6.92 Å². The van der Waals surface area contributed by atoms with Gasteiger partial charge < -0.3 is 25.8 Å². The maximum Gasteiger partial charge on any atom is 0.341 e. The molecule has 11 heteroatoms. The number of halogens is 2. The molecule has 0 spiro atoms. The summed E-state index contributed by atoms with van der Waals surface area (Å²) in [5, 5.41) is 6.50. The molecular formula is C18H19Cl2N3O5S. The first-order chi connectivity index (χ1) is 13.7. The number of hydrogen-bond acceptors (Lipinski definition) is 7. The average Bonchev–Trinajstić information content (AvgIpc) is 2.95. The van der Waals surface area contributed by atoms with Gasteiger partial charge in [-0.3, -0.25) is 9.59 Å². The maximum absolute atomic E-state index is 12.4. The predicted molar refractivity (Wildman–Crippen MR) is 113 cm³/mol. The Kier molecular flexibility index (Phi) is 8.27. The van der Waals surface area contributed by atoms with Crippen molar-refractivity contribution >= 4 is 63.0 Å². The highest BCUT2D eigenvalue weighted by Crippen LogP contribution is 2.33. The summed E-state index contributed by atoms with van der Waals surface area (Å²) in [6.07, 6.45) is 0. The molecule has 156 valence electrons. The number of anilines is 2. The van der Waals surface area contributed by atoms with Gasteiger partial charge in [0.05, 0.1) is 23.6 Å². The van der Waals surface area contributed by atoms with E-state index in [4.69, 9.17) is 38.4 Å². The number of hydrogen-bond donors (Lipinski definition) is 3. The van der Waals surface area contributed by atoms with Crippen LogP contribution in [0.2, 0.25) is 10.0 Å². The number of esters is 1. The van der Waals surface area contributed by atoms with Crippen LogP contribution >= 0.6 is 34.5 Å². The Morgan fingerprint density at radius 2 is 1.79 bits per heavy atom. The average molecular weight is 460 g/mol. The fourth-order valence-corrected chi connectivity index (χ4v) is 3.97. The van der Waals surface area contributed by atoms with Crippen molar-refractivity contribution in [1.82, 2.24) is 0 Å². The van der Waals surface area contributed by atoms with Crippen molar-refractivity contribution in [3.8, 4) is 0 Å². The molecule has 0 saturated heterocycles. The van der Waals surface area contributed by atoms with Gasteiger partial charge in [0.2, 0.25) is 5.91 Å². The normalized spacial score (nSPS) is 10.5. The molecule has 0 radical (unpaired) electrons. The molecule has 1 heterocycles. The smallest absolute Gasteiger partial charge is 0.341 e. The van der Waals surface area contributed by atoms with E-state index >= 15 is 0 Å². The number of benzene rings is 1. The van der Waals surface area contributed by atoms with Gasteiger partial charge in [0.15, 0.2) is 0 Å². The number of nitrogens with one attached hydrogen (secondary N) is 2. The number of methoxy groups -OCH3 is 1. The van der Waals surface area contributed by atoms with Gasteiger partial charge in [-0.25, -0.2) is 4.79 Å². The van der Waals surface area contributed by atoms with E-state index in [0.29, 0.717) is 21.3 Å². The maximum atomic E-state index is 12.4. The van der Waals surface area contributed by atoms with E-state index in [1.54, 1.807) is 25.1 Å². The third kappa shape index (κ3) is 6.33. The minimum Gasteiger partial charge on any atom is -0.460 e. The molecule has 0 saturated carbocycles. The highest BCUT2D eigenvalue weighted by atomic mass is 35.5. The number of nitrogens with two attached hydrogens (primary N) is 1. The Bertz CT molecular complexity index is 912. The Morgan fingerprint density at radius 1 is 1.14 bits per heavy atom. The number of rotatable bonds is 9. The summed E-state index contributed by atoms with van der Waals surface area (Å²) in [7, 11) is 1.47. The largest absolute Gasteiger partial charge is 0.460 e. The lowest BCUT2D eigenvalue weighted by molar-refractivity contribution is -0.114. The fourth-order valence-electron chi connectivity index (χ4n) is 2.38. The quantitative estimate of drug-likeness (QED) is 0.390. The lowest BCUT2D eigenvalue weighted by Crippen LogP contribution is -2.22. The van der Waals surface area contributed by atoms with Crippen molar-refractivity contribution in [1.29, 1.82) is 0 Å². The van der Waals surface area contributed by atoms with Crippen LogP contribution in [-0.2, 0) is 14.3 Å². The third-order valence-corrected chi connectivity index (χ3v) is 5.32. The minimum atomic E-state index is -0.703. The van der Waals surface area contributed by atoms with Crippen LogP contribution in [0.1, 0.15) is 25.6 Å². The molecule has 1 aromatic heterocycles. The molecule has 2 rings (SSSR count). The summed E-state index contributed by atoms with van der Waals surface area (Å²) in [4.78, 5) is 36.6. The van der Waals surface area contributed by atoms with E-state index in [2.05, 4.69) is 10.6 Å². The van der Waals surface area contributed by atoms with Crippen LogP contribution in [0.4, 0.5) is 10.7 Å². The highest BCUT2D eigenvalue weighted by molar-refractivity contribution is 7.18. The number of carbonyl (C=O) groups excluding carboxylic acids is 3. The predicted octanol–water partition coefficient (Wildman–Crippen LogP) is 3.32. The molecule has 0 aliphatic heterocycles. The summed E-state index contributed by atoms with van der Waals surface area (Å²) in [6, 6.07) is 4.79. The molecule has 2 aromatic rings. The van der Waals surface area contributed by atoms with Crippen LogP contribution in [0.3, 0.4) is 0 Å². The second-order valence-corrected chi connectivity index (χ2v) is 7.71. The number of amides is 2. The first-order valence-electron chi connectivity index (χ1n) is 8.32.